The van der Waals surface area contributed by atoms with E-state index < -0.39 is 9.84 Å². The monoisotopic (exact) mass is 314 g/mol. The zero-order valence-corrected chi connectivity index (χ0v) is 13.6. The lowest BCUT2D eigenvalue weighted by molar-refractivity contribution is 0.578. The molecule has 1 aliphatic heterocycles. The van der Waals surface area contributed by atoms with E-state index in [-0.39, 0.29) is 23.4 Å². The summed E-state index contributed by atoms with van der Waals surface area (Å²) in [5, 5.41) is 3.28. The molecule has 1 N–H and O–H groups in total. The molecule has 4 nitrogen and oxygen atoms in total. The molecule has 1 aromatic rings. The number of rotatable bonds is 5. The van der Waals surface area contributed by atoms with Crippen LogP contribution in [0.25, 0.3) is 0 Å². The van der Waals surface area contributed by atoms with Crippen molar-refractivity contribution in [1.82, 2.24) is 5.32 Å². The van der Waals surface area contributed by atoms with Gasteiger partial charge in [0.1, 0.15) is 5.82 Å². The molecule has 0 spiro atoms. The quantitative estimate of drug-likeness (QED) is 0.902. The molecule has 1 aromatic carbocycles. The topological polar surface area (TPSA) is 49.4 Å². The van der Waals surface area contributed by atoms with Crippen LogP contribution in [0.3, 0.4) is 0 Å². The van der Waals surface area contributed by atoms with E-state index in [1.807, 2.05) is 25.8 Å². The average molecular weight is 314 g/mol. The summed E-state index contributed by atoms with van der Waals surface area (Å²) in [6, 6.07) is 4.95. The van der Waals surface area contributed by atoms with Gasteiger partial charge in [-0.25, -0.2) is 12.8 Å². The molecule has 1 fully saturated rings. The first kappa shape index (κ1) is 16.2. The molecule has 0 aromatic heterocycles. The van der Waals surface area contributed by atoms with Crippen LogP contribution in [-0.2, 0) is 16.4 Å². The molecule has 1 saturated heterocycles. The van der Waals surface area contributed by atoms with Gasteiger partial charge in [-0.3, -0.25) is 0 Å². The van der Waals surface area contributed by atoms with Crippen LogP contribution in [-0.4, -0.2) is 39.1 Å². The summed E-state index contributed by atoms with van der Waals surface area (Å²) in [6.07, 6.45) is 0.632. The van der Waals surface area contributed by atoms with Gasteiger partial charge in [0.05, 0.1) is 11.5 Å². The van der Waals surface area contributed by atoms with Gasteiger partial charge in [0.15, 0.2) is 9.84 Å². The van der Waals surface area contributed by atoms with Gasteiger partial charge in [-0.2, -0.15) is 0 Å². The van der Waals surface area contributed by atoms with Crippen LogP contribution >= 0.6 is 0 Å². The summed E-state index contributed by atoms with van der Waals surface area (Å²) in [5.74, 6) is 0.146. The number of hydrogen-bond donors (Lipinski definition) is 1. The van der Waals surface area contributed by atoms with Crippen molar-refractivity contribution in [1.29, 1.82) is 0 Å². The fourth-order valence-electron chi connectivity index (χ4n) is 2.63. The Morgan fingerprint density at radius 2 is 2.14 bits per heavy atom. The molecule has 0 radical (unpaired) electrons. The summed E-state index contributed by atoms with van der Waals surface area (Å²) in [6.45, 7) is 4.63. The summed E-state index contributed by atoms with van der Waals surface area (Å²) in [5.41, 5.74) is 1.75. The van der Waals surface area contributed by atoms with Gasteiger partial charge < -0.3 is 10.2 Å². The van der Waals surface area contributed by atoms with E-state index in [1.165, 1.54) is 12.1 Å². The number of anilines is 1. The van der Waals surface area contributed by atoms with Crippen molar-refractivity contribution in [3.05, 3.63) is 29.6 Å². The summed E-state index contributed by atoms with van der Waals surface area (Å²) in [7, 11) is -1.04. The second-order valence-electron chi connectivity index (χ2n) is 5.98. The SMILES string of the molecule is CC(C)NCc1cc(F)ccc1N(C)C1CCS(=O)(=O)C1. The summed E-state index contributed by atoms with van der Waals surface area (Å²) in [4.78, 5) is 1.97. The molecule has 21 heavy (non-hydrogen) atoms. The molecule has 0 aliphatic carbocycles. The predicted molar refractivity (Wildman–Crippen MR) is 83.8 cm³/mol. The van der Waals surface area contributed by atoms with E-state index in [1.54, 1.807) is 6.07 Å². The number of nitrogens with one attached hydrogen (secondary N) is 1. The zero-order chi connectivity index (χ0) is 15.6. The fraction of sp³-hybridized carbons (Fsp3) is 0.600. The number of hydrogen-bond acceptors (Lipinski definition) is 4. The Bertz CT molecular complexity index is 602. The molecule has 1 aliphatic rings. The highest BCUT2D eigenvalue weighted by molar-refractivity contribution is 7.91. The zero-order valence-electron chi connectivity index (χ0n) is 12.8. The first-order valence-electron chi connectivity index (χ1n) is 7.23. The second kappa shape index (κ2) is 6.32. The van der Waals surface area contributed by atoms with Crippen LogP contribution in [0.15, 0.2) is 18.2 Å². The largest absolute Gasteiger partial charge is 0.370 e. The lowest BCUT2D eigenvalue weighted by atomic mass is 10.1. The molecule has 2 rings (SSSR count). The average Bonchev–Trinajstić information content (AvgIpc) is 2.76. The molecule has 1 atom stereocenters. The number of nitrogens with zero attached hydrogens (tertiary/aromatic N) is 1. The van der Waals surface area contributed by atoms with Gasteiger partial charge in [0.2, 0.25) is 0 Å². The van der Waals surface area contributed by atoms with Crippen LogP contribution in [0, 0.1) is 5.82 Å². The minimum absolute atomic E-state index is 0.0294. The molecule has 1 heterocycles. The summed E-state index contributed by atoms with van der Waals surface area (Å²) >= 11 is 0. The maximum atomic E-state index is 13.5. The third kappa shape index (κ3) is 4.17. The van der Waals surface area contributed by atoms with E-state index in [0.717, 1.165) is 11.3 Å². The second-order valence-corrected chi connectivity index (χ2v) is 8.21. The van der Waals surface area contributed by atoms with E-state index >= 15 is 0 Å². The van der Waals surface area contributed by atoms with Gasteiger partial charge >= 0.3 is 0 Å². The first-order chi connectivity index (χ1) is 9.78. The Morgan fingerprint density at radius 3 is 2.71 bits per heavy atom. The molecule has 0 bridgehead atoms. The van der Waals surface area contributed by atoms with Crippen LogP contribution in [0.1, 0.15) is 25.8 Å². The first-order valence-corrected chi connectivity index (χ1v) is 9.06. The van der Waals surface area contributed by atoms with Crippen molar-refractivity contribution < 1.29 is 12.8 Å². The van der Waals surface area contributed by atoms with Gasteiger partial charge in [-0.15, -0.1) is 0 Å². The number of sulfone groups is 1. The molecule has 0 amide bonds. The third-order valence-corrected chi connectivity index (χ3v) is 5.63. The van der Waals surface area contributed by atoms with E-state index in [9.17, 15) is 12.8 Å². The smallest absolute Gasteiger partial charge is 0.152 e. The van der Waals surface area contributed by atoms with Crippen molar-refractivity contribution in [3.63, 3.8) is 0 Å². The normalized spacial score (nSPS) is 20.9. The molecule has 0 saturated carbocycles. The van der Waals surface area contributed by atoms with Crippen LogP contribution < -0.4 is 10.2 Å². The maximum absolute atomic E-state index is 13.5. The van der Waals surface area contributed by atoms with Crippen LogP contribution in [0.4, 0.5) is 10.1 Å². The third-order valence-electron chi connectivity index (χ3n) is 3.88. The van der Waals surface area contributed by atoms with E-state index in [4.69, 9.17) is 0 Å². The Hall–Kier alpha value is -1.14. The lowest BCUT2D eigenvalue weighted by Crippen LogP contribution is -2.34. The Kier molecular flexibility index (Phi) is 4.88. The van der Waals surface area contributed by atoms with Crippen molar-refractivity contribution in [3.8, 4) is 0 Å². The van der Waals surface area contributed by atoms with Crippen LogP contribution in [0.2, 0.25) is 0 Å². The van der Waals surface area contributed by atoms with Crippen LogP contribution in [0.5, 0.6) is 0 Å². The molecular weight excluding hydrogens is 291 g/mol. The minimum atomic E-state index is -2.93. The number of halogens is 1. The van der Waals surface area contributed by atoms with E-state index in [0.29, 0.717) is 19.0 Å². The molecule has 118 valence electrons. The standard InChI is InChI=1S/C15H23FN2O2S/c1-11(2)17-9-12-8-13(16)4-5-15(12)18(3)14-6-7-21(19,20)10-14/h4-5,8,11,14,17H,6-7,9-10H2,1-3H3. The van der Waals surface area contributed by atoms with Crippen molar-refractivity contribution >= 4 is 15.5 Å². The molecule has 1 unspecified atom stereocenters. The van der Waals surface area contributed by atoms with Crippen molar-refractivity contribution in [2.45, 2.75) is 38.9 Å². The predicted octanol–water partition coefficient (Wildman–Crippen LogP) is 1.95. The van der Waals surface area contributed by atoms with Gasteiger partial charge in [0, 0.05) is 31.4 Å². The Balaban J connectivity index is 2.21. The summed E-state index contributed by atoms with van der Waals surface area (Å²) < 4.78 is 36.8. The minimum Gasteiger partial charge on any atom is -0.370 e. The van der Waals surface area contributed by atoms with Gasteiger partial charge in [0.25, 0.3) is 0 Å². The van der Waals surface area contributed by atoms with E-state index in [2.05, 4.69) is 5.32 Å². The van der Waals surface area contributed by atoms with Crippen molar-refractivity contribution in [2.24, 2.45) is 0 Å². The highest BCUT2D eigenvalue weighted by atomic mass is 32.2. The fourth-order valence-corrected chi connectivity index (χ4v) is 4.41. The molecular formula is C15H23FN2O2S. The molecule has 6 heteroatoms. The Morgan fingerprint density at radius 1 is 1.43 bits per heavy atom. The maximum Gasteiger partial charge on any atom is 0.152 e. The Labute approximate surface area is 126 Å². The highest BCUT2D eigenvalue weighted by Gasteiger charge is 2.31. The lowest BCUT2D eigenvalue weighted by Gasteiger charge is -2.28. The number of benzene rings is 1. The van der Waals surface area contributed by atoms with Gasteiger partial charge in [-0.1, -0.05) is 13.8 Å². The van der Waals surface area contributed by atoms with Gasteiger partial charge in [-0.05, 0) is 30.2 Å². The highest BCUT2D eigenvalue weighted by Crippen LogP contribution is 2.27. The van der Waals surface area contributed by atoms with Crippen molar-refractivity contribution in [2.75, 3.05) is 23.5 Å².